The van der Waals surface area contributed by atoms with Gasteiger partial charge in [-0.25, -0.2) is 4.39 Å². The summed E-state index contributed by atoms with van der Waals surface area (Å²) in [4.78, 5) is 36.1. The van der Waals surface area contributed by atoms with E-state index in [0.717, 1.165) is 5.56 Å². The lowest BCUT2D eigenvalue weighted by Crippen LogP contribution is -2.37. The molecule has 0 aliphatic carbocycles. The number of hydrogen-bond acceptors (Lipinski definition) is 4. The fourth-order valence-corrected chi connectivity index (χ4v) is 2.74. The number of carbonyl (C=O) groups excluding carboxylic acids is 3. The Morgan fingerprint density at radius 3 is 2.30 bits per heavy atom. The molecule has 2 atom stereocenters. The molecule has 2 rings (SSSR count). The molecule has 30 heavy (non-hydrogen) atoms. The van der Waals surface area contributed by atoms with Crippen molar-refractivity contribution in [2.45, 2.75) is 38.8 Å². The molecule has 0 radical (unpaired) electrons. The van der Waals surface area contributed by atoms with Gasteiger partial charge in [-0.15, -0.1) is 0 Å². The quantitative estimate of drug-likeness (QED) is 0.464. The lowest BCUT2D eigenvalue weighted by atomic mass is 10.1. The van der Waals surface area contributed by atoms with Crippen molar-refractivity contribution in [3.8, 4) is 0 Å². The Hall–Kier alpha value is -2.93. The summed E-state index contributed by atoms with van der Waals surface area (Å²) in [6.07, 6.45) is -0.533. The molecule has 2 N–H and O–H groups in total. The zero-order chi connectivity index (χ0) is 22.1. The molecule has 0 saturated heterocycles. The van der Waals surface area contributed by atoms with Crippen molar-refractivity contribution in [1.82, 2.24) is 10.6 Å². The number of rotatable bonds is 9. The molecule has 2 amide bonds. The molecule has 0 aromatic heterocycles. The van der Waals surface area contributed by atoms with Crippen LogP contribution in [0, 0.1) is 5.82 Å². The van der Waals surface area contributed by atoms with E-state index in [1.165, 1.54) is 19.1 Å². The van der Waals surface area contributed by atoms with Crippen molar-refractivity contribution in [2.24, 2.45) is 0 Å². The molecule has 0 aliphatic heterocycles. The number of nitrogens with one attached hydrogen (secondary N) is 2. The van der Waals surface area contributed by atoms with Gasteiger partial charge in [0.15, 0.2) is 6.10 Å². The summed E-state index contributed by atoms with van der Waals surface area (Å²) in [5.41, 5.74) is 1.21. The highest BCUT2D eigenvalue weighted by atomic mass is 35.5. The maximum absolute atomic E-state index is 13.0. The SMILES string of the molecule is CC(OC(=O)CCCNC(=O)c1ccc(Cl)cc1)C(=O)NC(C)c1ccc(F)cc1. The second-order valence-corrected chi connectivity index (χ2v) is 7.22. The first-order chi connectivity index (χ1) is 14.3. The second-order valence-electron chi connectivity index (χ2n) is 6.78. The molecule has 0 bridgehead atoms. The van der Waals surface area contributed by atoms with Crippen molar-refractivity contribution >= 4 is 29.4 Å². The summed E-state index contributed by atoms with van der Waals surface area (Å²) in [5, 5.41) is 5.96. The number of amides is 2. The van der Waals surface area contributed by atoms with E-state index in [2.05, 4.69) is 10.6 Å². The number of hydrogen-bond donors (Lipinski definition) is 2. The Labute approximate surface area is 179 Å². The highest BCUT2D eigenvalue weighted by Crippen LogP contribution is 2.13. The zero-order valence-electron chi connectivity index (χ0n) is 16.8. The van der Waals surface area contributed by atoms with Crippen LogP contribution in [-0.4, -0.2) is 30.4 Å². The Balaban J connectivity index is 1.68. The van der Waals surface area contributed by atoms with Crippen molar-refractivity contribution < 1.29 is 23.5 Å². The van der Waals surface area contributed by atoms with Crippen LogP contribution in [0.1, 0.15) is 48.7 Å². The van der Waals surface area contributed by atoms with Gasteiger partial charge >= 0.3 is 5.97 Å². The number of ether oxygens (including phenoxy) is 1. The zero-order valence-corrected chi connectivity index (χ0v) is 17.5. The van der Waals surface area contributed by atoms with E-state index in [4.69, 9.17) is 16.3 Å². The van der Waals surface area contributed by atoms with E-state index >= 15 is 0 Å². The third-order valence-electron chi connectivity index (χ3n) is 4.36. The average Bonchev–Trinajstić information content (AvgIpc) is 2.71. The predicted molar refractivity (Wildman–Crippen MR) is 112 cm³/mol. The third kappa shape index (κ3) is 7.48. The van der Waals surface area contributed by atoms with E-state index in [1.54, 1.807) is 43.3 Å². The molecule has 2 unspecified atom stereocenters. The van der Waals surface area contributed by atoms with Gasteiger partial charge in [-0.3, -0.25) is 14.4 Å². The van der Waals surface area contributed by atoms with E-state index < -0.39 is 18.0 Å². The first-order valence-corrected chi connectivity index (χ1v) is 9.93. The summed E-state index contributed by atoms with van der Waals surface area (Å²) in [5.74, 6) is -1.60. The molecule has 0 spiro atoms. The van der Waals surface area contributed by atoms with Gasteiger partial charge in [-0.2, -0.15) is 0 Å². The van der Waals surface area contributed by atoms with Gasteiger partial charge in [0.05, 0.1) is 6.04 Å². The highest BCUT2D eigenvalue weighted by molar-refractivity contribution is 6.30. The van der Waals surface area contributed by atoms with Crippen LogP contribution < -0.4 is 10.6 Å². The monoisotopic (exact) mass is 434 g/mol. The van der Waals surface area contributed by atoms with Crippen molar-refractivity contribution in [3.05, 3.63) is 70.5 Å². The van der Waals surface area contributed by atoms with Gasteiger partial charge in [-0.1, -0.05) is 23.7 Å². The first kappa shape index (κ1) is 23.3. The van der Waals surface area contributed by atoms with Crippen molar-refractivity contribution in [1.29, 1.82) is 0 Å². The first-order valence-electron chi connectivity index (χ1n) is 9.55. The van der Waals surface area contributed by atoms with Crippen LogP contribution in [0.2, 0.25) is 5.02 Å². The maximum Gasteiger partial charge on any atom is 0.306 e. The Morgan fingerprint density at radius 2 is 1.67 bits per heavy atom. The van der Waals surface area contributed by atoms with Gasteiger partial charge in [-0.05, 0) is 62.2 Å². The summed E-state index contributed by atoms with van der Waals surface area (Å²) < 4.78 is 18.1. The molecule has 0 aliphatic rings. The van der Waals surface area contributed by atoms with Gasteiger partial charge in [0.2, 0.25) is 0 Å². The summed E-state index contributed by atoms with van der Waals surface area (Å²) >= 11 is 5.78. The summed E-state index contributed by atoms with van der Waals surface area (Å²) in [6.45, 7) is 3.52. The lowest BCUT2D eigenvalue weighted by Gasteiger charge is -2.18. The number of carbonyl (C=O) groups is 3. The Morgan fingerprint density at radius 1 is 1.03 bits per heavy atom. The molecular formula is C22H24ClFN2O4. The lowest BCUT2D eigenvalue weighted by molar-refractivity contribution is -0.155. The summed E-state index contributed by atoms with van der Waals surface area (Å²) in [6, 6.07) is 11.9. The second kappa shape index (κ2) is 11.3. The molecule has 160 valence electrons. The number of esters is 1. The summed E-state index contributed by atoms with van der Waals surface area (Å²) in [7, 11) is 0. The number of benzene rings is 2. The minimum atomic E-state index is -0.968. The Bertz CT molecular complexity index is 872. The molecule has 6 nitrogen and oxygen atoms in total. The van der Waals surface area contributed by atoms with Gasteiger partial charge in [0.25, 0.3) is 11.8 Å². The average molecular weight is 435 g/mol. The fraction of sp³-hybridized carbons (Fsp3) is 0.318. The topological polar surface area (TPSA) is 84.5 Å². The predicted octanol–water partition coefficient (Wildman–Crippen LogP) is 3.80. The van der Waals surface area contributed by atoms with E-state index in [0.29, 0.717) is 23.6 Å². The van der Waals surface area contributed by atoms with Crippen molar-refractivity contribution in [3.63, 3.8) is 0 Å². The molecule has 2 aromatic carbocycles. The largest absolute Gasteiger partial charge is 0.453 e. The molecular weight excluding hydrogens is 411 g/mol. The fourth-order valence-electron chi connectivity index (χ4n) is 2.61. The van der Waals surface area contributed by atoms with Crippen LogP contribution in [0.15, 0.2) is 48.5 Å². The van der Waals surface area contributed by atoms with Crippen molar-refractivity contribution in [2.75, 3.05) is 6.54 Å². The van der Waals surface area contributed by atoms with Crippen LogP contribution in [0.25, 0.3) is 0 Å². The van der Waals surface area contributed by atoms with Crippen LogP contribution in [0.5, 0.6) is 0 Å². The molecule has 0 saturated carbocycles. The minimum Gasteiger partial charge on any atom is -0.453 e. The van der Waals surface area contributed by atoms with Crippen LogP contribution in [-0.2, 0) is 14.3 Å². The van der Waals surface area contributed by atoms with E-state index in [-0.39, 0.29) is 24.2 Å². The molecule has 0 heterocycles. The van der Waals surface area contributed by atoms with Crippen LogP contribution >= 0.6 is 11.6 Å². The van der Waals surface area contributed by atoms with E-state index in [9.17, 15) is 18.8 Å². The van der Waals surface area contributed by atoms with Gasteiger partial charge in [0.1, 0.15) is 5.82 Å². The highest BCUT2D eigenvalue weighted by Gasteiger charge is 2.20. The molecule has 0 fully saturated rings. The standard InChI is InChI=1S/C22H24ClFN2O4/c1-14(16-7-11-19(24)12-8-16)26-21(28)15(2)30-20(27)4-3-13-25-22(29)17-5-9-18(23)10-6-17/h5-12,14-15H,3-4,13H2,1-2H3,(H,25,29)(H,26,28). The number of halogens is 2. The normalized spacial score (nSPS) is 12.5. The molecule has 8 heteroatoms. The maximum atomic E-state index is 13.0. The smallest absolute Gasteiger partial charge is 0.306 e. The molecule has 2 aromatic rings. The Kier molecular flexibility index (Phi) is 8.80. The third-order valence-corrected chi connectivity index (χ3v) is 4.61. The van der Waals surface area contributed by atoms with Crippen LogP contribution in [0.3, 0.4) is 0 Å². The van der Waals surface area contributed by atoms with E-state index in [1.807, 2.05) is 0 Å². The van der Waals surface area contributed by atoms with Gasteiger partial charge < -0.3 is 15.4 Å². The minimum absolute atomic E-state index is 0.0615. The van der Waals surface area contributed by atoms with Gasteiger partial charge in [0, 0.05) is 23.6 Å². The van der Waals surface area contributed by atoms with Crippen LogP contribution in [0.4, 0.5) is 4.39 Å².